The van der Waals surface area contributed by atoms with Crippen LogP contribution in [-0.2, 0) is 9.53 Å². The van der Waals surface area contributed by atoms with Gasteiger partial charge in [-0.2, -0.15) is 0 Å². The molecule has 6 heteroatoms. The third kappa shape index (κ3) is 9.39. The fourth-order valence-corrected chi connectivity index (χ4v) is 2.08. The number of carbonyl (C=O) groups excluding carboxylic acids is 2. The summed E-state index contributed by atoms with van der Waals surface area (Å²) < 4.78 is 7.79. The standard InChI is InChI=1S/C14H27IN2O3/c1-10(2)9-12(11(3)4)13(18)20-8-6-5-7-16-14(19)17-15/h10-12H,5-9H2,1-4H3,(H2,16,17,19). The Labute approximate surface area is 136 Å². The van der Waals surface area contributed by atoms with Gasteiger partial charge in [0.15, 0.2) is 0 Å². The van der Waals surface area contributed by atoms with Crippen LogP contribution in [0, 0.1) is 17.8 Å². The van der Waals surface area contributed by atoms with Gasteiger partial charge in [-0.3, -0.25) is 8.32 Å². The molecule has 0 spiro atoms. The Bertz CT molecular complexity index is 296. The third-order valence-corrected chi connectivity index (χ3v) is 3.51. The molecular formula is C14H27IN2O3. The second kappa shape index (κ2) is 11.2. The van der Waals surface area contributed by atoms with E-state index in [2.05, 4.69) is 36.5 Å². The molecule has 0 aromatic carbocycles. The smallest absolute Gasteiger partial charge is 0.323 e. The number of amides is 2. The fourth-order valence-electron chi connectivity index (χ4n) is 1.89. The topological polar surface area (TPSA) is 67.4 Å². The van der Waals surface area contributed by atoms with Gasteiger partial charge in [-0.15, -0.1) is 0 Å². The molecule has 2 amide bonds. The van der Waals surface area contributed by atoms with Crippen molar-refractivity contribution in [1.82, 2.24) is 8.85 Å². The SMILES string of the molecule is CC(C)CC(C(=O)OCCCCNC(=O)NI)C(C)C. The zero-order valence-corrected chi connectivity index (χ0v) is 15.0. The van der Waals surface area contributed by atoms with Gasteiger partial charge in [-0.25, -0.2) is 4.79 Å². The molecule has 118 valence electrons. The van der Waals surface area contributed by atoms with Crippen LogP contribution in [0.1, 0.15) is 47.0 Å². The summed E-state index contributed by atoms with van der Waals surface area (Å²) in [7, 11) is 0. The van der Waals surface area contributed by atoms with E-state index in [1.807, 2.05) is 0 Å². The van der Waals surface area contributed by atoms with Crippen molar-refractivity contribution in [3.05, 3.63) is 0 Å². The zero-order valence-electron chi connectivity index (χ0n) is 12.9. The number of rotatable bonds is 9. The highest BCUT2D eigenvalue weighted by Crippen LogP contribution is 2.21. The van der Waals surface area contributed by atoms with Crippen molar-refractivity contribution in [2.45, 2.75) is 47.0 Å². The highest BCUT2D eigenvalue weighted by atomic mass is 127. The lowest BCUT2D eigenvalue weighted by molar-refractivity contribution is -0.150. The molecule has 1 atom stereocenters. The number of unbranched alkanes of at least 4 members (excludes halogenated alkanes) is 1. The third-order valence-electron chi connectivity index (χ3n) is 3.02. The predicted octanol–water partition coefficient (Wildman–Crippen LogP) is 3.28. The van der Waals surface area contributed by atoms with Gasteiger partial charge in [0.2, 0.25) is 0 Å². The Balaban J connectivity index is 3.82. The van der Waals surface area contributed by atoms with E-state index < -0.39 is 0 Å². The normalized spacial score (nSPS) is 12.3. The minimum Gasteiger partial charge on any atom is -0.465 e. The molecule has 0 aromatic heterocycles. The van der Waals surface area contributed by atoms with Crippen molar-refractivity contribution in [3.63, 3.8) is 0 Å². The minimum absolute atomic E-state index is 0.0158. The number of esters is 1. The molecule has 0 aliphatic rings. The van der Waals surface area contributed by atoms with Crippen molar-refractivity contribution >= 4 is 34.9 Å². The first-order valence-electron chi connectivity index (χ1n) is 7.19. The van der Waals surface area contributed by atoms with Crippen LogP contribution in [0.4, 0.5) is 4.79 Å². The summed E-state index contributed by atoms with van der Waals surface area (Å²) in [6, 6.07) is -0.195. The molecule has 1 unspecified atom stereocenters. The summed E-state index contributed by atoms with van der Waals surface area (Å²) >= 11 is 1.78. The molecule has 20 heavy (non-hydrogen) atoms. The van der Waals surface area contributed by atoms with Gasteiger partial charge in [0.05, 0.1) is 35.4 Å². The Morgan fingerprint density at radius 1 is 1.15 bits per heavy atom. The van der Waals surface area contributed by atoms with Gasteiger partial charge < -0.3 is 10.1 Å². The van der Waals surface area contributed by atoms with E-state index in [9.17, 15) is 9.59 Å². The first kappa shape index (κ1) is 19.5. The maximum absolute atomic E-state index is 12.0. The van der Waals surface area contributed by atoms with Crippen LogP contribution in [0.25, 0.3) is 0 Å². The van der Waals surface area contributed by atoms with Crippen LogP contribution >= 0.6 is 22.9 Å². The van der Waals surface area contributed by atoms with Gasteiger partial charge in [-0.05, 0) is 31.1 Å². The summed E-state index contributed by atoms with van der Waals surface area (Å²) in [5.74, 6) is 0.689. The number of hydrogen-bond donors (Lipinski definition) is 2. The number of nitrogens with one attached hydrogen (secondary N) is 2. The summed E-state index contributed by atoms with van der Waals surface area (Å²) in [5, 5.41) is 2.69. The van der Waals surface area contributed by atoms with Gasteiger partial charge in [0.1, 0.15) is 0 Å². The second-order valence-corrected chi connectivity index (χ2v) is 6.24. The van der Waals surface area contributed by atoms with E-state index in [0.717, 1.165) is 19.3 Å². The van der Waals surface area contributed by atoms with Gasteiger partial charge in [-0.1, -0.05) is 27.7 Å². The first-order valence-corrected chi connectivity index (χ1v) is 8.27. The Morgan fingerprint density at radius 3 is 2.30 bits per heavy atom. The first-order chi connectivity index (χ1) is 9.38. The van der Waals surface area contributed by atoms with E-state index in [-0.39, 0.29) is 17.9 Å². The fraction of sp³-hybridized carbons (Fsp3) is 0.857. The molecule has 0 saturated heterocycles. The average Bonchev–Trinajstić information content (AvgIpc) is 2.38. The van der Waals surface area contributed by atoms with Crippen molar-refractivity contribution in [2.24, 2.45) is 17.8 Å². The second-order valence-electron chi connectivity index (χ2n) is 5.71. The highest BCUT2D eigenvalue weighted by molar-refractivity contribution is 14.1. The molecule has 2 N–H and O–H groups in total. The maximum Gasteiger partial charge on any atom is 0.323 e. The maximum atomic E-state index is 12.0. The van der Waals surface area contributed by atoms with Gasteiger partial charge in [0, 0.05) is 6.54 Å². The Morgan fingerprint density at radius 2 is 1.80 bits per heavy atom. The van der Waals surface area contributed by atoms with Crippen LogP contribution in [0.15, 0.2) is 0 Å². The summed E-state index contributed by atoms with van der Waals surface area (Å²) in [6.07, 6.45) is 2.43. The molecule has 0 saturated carbocycles. The Kier molecular flexibility index (Phi) is 10.9. The van der Waals surface area contributed by atoms with Gasteiger partial charge >= 0.3 is 12.0 Å². The number of ether oxygens (including phenoxy) is 1. The highest BCUT2D eigenvalue weighted by Gasteiger charge is 2.24. The lowest BCUT2D eigenvalue weighted by Crippen LogP contribution is -2.30. The summed E-state index contributed by atoms with van der Waals surface area (Å²) in [6.45, 7) is 9.36. The zero-order chi connectivity index (χ0) is 15.5. The van der Waals surface area contributed by atoms with Crippen molar-refractivity contribution in [2.75, 3.05) is 13.2 Å². The summed E-state index contributed by atoms with van der Waals surface area (Å²) in [4.78, 5) is 22.9. The number of carbonyl (C=O) groups is 2. The Hall–Kier alpha value is -0.530. The summed E-state index contributed by atoms with van der Waals surface area (Å²) in [5.41, 5.74) is 0. The van der Waals surface area contributed by atoms with Crippen molar-refractivity contribution in [1.29, 1.82) is 0 Å². The van der Waals surface area contributed by atoms with Crippen LogP contribution in [0.3, 0.4) is 0 Å². The van der Waals surface area contributed by atoms with Crippen molar-refractivity contribution < 1.29 is 14.3 Å². The van der Waals surface area contributed by atoms with Crippen LogP contribution < -0.4 is 8.85 Å². The van der Waals surface area contributed by atoms with Crippen molar-refractivity contribution in [3.8, 4) is 0 Å². The largest absolute Gasteiger partial charge is 0.465 e. The van der Waals surface area contributed by atoms with Gasteiger partial charge in [0.25, 0.3) is 0 Å². The molecule has 0 aromatic rings. The van der Waals surface area contributed by atoms with Crippen LogP contribution in [0.2, 0.25) is 0 Å². The molecule has 0 heterocycles. The lowest BCUT2D eigenvalue weighted by atomic mass is 9.88. The quantitative estimate of drug-likeness (QED) is 0.271. The average molecular weight is 398 g/mol. The van der Waals surface area contributed by atoms with Crippen LogP contribution in [0.5, 0.6) is 0 Å². The monoisotopic (exact) mass is 398 g/mol. The molecule has 0 radical (unpaired) electrons. The molecule has 5 nitrogen and oxygen atoms in total. The van der Waals surface area contributed by atoms with Crippen LogP contribution in [-0.4, -0.2) is 25.2 Å². The molecule has 0 bridgehead atoms. The lowest BCUT2D eigenvalue weighted by Gasteiger charge is -2.21. The molecule has 0 aliphatic heterocycles. The minimum atomic E-state index is -0.195. The molecule has 0 aliphatic carbocycles. The predicted molar refractivity (Wildman–Crippen MR) is 88.5 cm³/mol. The molecule has 0 rings (SSSR count). The van der Waals surface area contributed by atoms with E-state index in [0.29, 0.717) is 25.0 Å². The van der Waals surface area contributed by atoms with E-state index >= 15 is 0 Å². The molecule has 0 fully saturated rings. The number of urea groups is 1. The van der Waals surface area contributed by atoms with E-state index in [1.165, 1.54) is 0 Å². The number of hydrogen-bond acceptors (Lipinski definition) is 3. The van der Waals surface area contributed by atoms with E-state index in [1.54, 1.807) is 22.9 Å². The van der Waals surface area contributed by atoms with E-state index in [4.69, 9.17) is 4.74 Å². The number of halogens is 1. The molecular weight excluding hydrogens is 371 g/mol.